The summed E-state index contributed by atoms with van der Waals surface area (Å²) in [6.45, 7) is 1.05. The van der Waals surface area contributed by atoms with Crippen LogP contribution in [-0.4, -0.2) is 24.4 Å². The fourth-order valence-electron chi connectivity index (χ4n) is 3.11. The molecule has 0 saturated carbocycles. The maximum Gasteiger partial charge on any atom is 0.277 e. The zero-order valence-corrected chi connectivity index (χ0v) is 15.1. The summed E-state index contributed by atoms with van der Waals surface area (Å²) in [5.74, 6) is 0.130. The molecule has 0 aliphatic rings. The Morgan fingerprint density at radius 2 is 1.27 bits per heavy atom. The molecule has 1 amide bonds. The molecule has 132 valence electrons. The number of nitrogens with zero attached hydrogens (tertiary/aromatic N) is 1. The second-order valence-electron chi connectivity index (χ2n) is 6.47. The fraction of sp³-hybridized carbons (Fsp3) is 0.174. The Kier molecular flexibility index (Phi) is 6.18. The standard InChI is InChI=1S/C23H24N2O/c1-25(18-19-11-5-2-6-12-19)22(26)17-24-23(20-13-7-3-8-14-20)21-15-9-4-10-16-21/h2-16,23-24H,17-18H2,1H3/p+1. The van der Waals surface area contributed by atoms with Gasteiger partial charge in [-0.25, -0.2) is 0 Å². The highest BCUT2D eigenvalue weighted by atomic mass is 16.2. The molecule has 0 aromatic heterocycles. The molecule has 0 radical (unpaired) electrons. The molecule has 3 nitrogen and oxygen atoms in total. The van der Waals surface area contributed by atoms with Crippen LogP contribution in [0.25, 0.3) is 0 Å². The van der Waals surface area contributed by atoms with E-state index in [2.05, 4.69) is 29.6 Å². The van der Waals surface area contributed by atoms with Crippen molar-refractivity contribution >= 4 is 5.91 Å². The summed E-state index contributed by atoms with van der Waals surface area (Å²) in [5, 5.41) is 2.12. The van der Waals surface area contributed by atoms with Crippen molar-refractivity contribution in [2.45, 2.75) is 12.6 Å². The Morgan fingerprint density at radius 3 is 1.77 bits per heavy atom. The first-order valence-corrected chi connectivity index (χ1v) is 8.95. The summed E-state index contributed by atoms with van der Waals surface area (Å²) in [6.07, 6.45) is 0. The van der Waals surface area contributed by atoms with Gasteiger partial charge >= 0.3 is 0 Å². The first-order chi connectivity index (χ1) is 12.7. The maximum absolute atomic E-state index is 12.6. The molecule has 0 heterocycles. The minimum absolute atomic E-state index is 0.117. The van der Waals surface area contributed by atoms with E-state index >= 15 is 0 Å². The minimum atomic E-state index is 0.117. The topological polar surface area (TPSA) is 36.9 Å². The van der Waals surface area contributed by atoms with E-state index < -0.39 is 0 Å². The summed E-state index contributed by atoms with van der Waals surface area (Å²) < 4.78 is 0. The molecule has 0 bridgehead atoms. The zero-order valence-electron chi connectivity index (χ0n) is 15.1. The largest absolute Gasteiger partial charge is 0.337 e. The summed E-state index contributed by atoms with van der Waals surface area (Å²) in [5.41, 5.74) is 3.56. The molecule has 3 aromatic rings. The van der Waals surface area contributed by atoms with E-state index in [9.17, 15) is 4.79 Å². The number of nitrogens with two attached hydrogens (primary N) is 1. The van der Waals surface area contributed by atoms with Gasteiger partial charge in [-0.1, -0.05) is 91.0 Å². The highest BCUT2D eigenvalue weighted by Gasteiger charge is 2.20. The number of benzene rings is 3. The predicted molar refractivity (Wildman–Crippen MR) is 104 cm³/mol. The maximum atomic E-state index is 12.6. The van der Waals surface area contributed by atoms with Crippen LogP contribution in [0.5, 0.6) is 0 Å². The molecule has 0 unspecified atom stereocenters. The Labute approximate surface area is 155 Å². The SMILES string of the molecule is CN(Cc1ccccc1)C(=O)C[NH2+]C(c1ccccc1)c1ccccc1. The van der Waals surface area contributed by atoms with Gasteiger partial charge in [0.2, 0.25) is 0 Å². The summed E-state index contributed by atoms with van der Waals surface area (Å²) in [7, 11) is 1.86. The lowest BCUT2D eigenvalue weighted by molar-refractivity contribution is -0.677. The van der Waals surface area contributed by atoms with Crippen LogP contribution in [0.4, 0.5) is 0 Å². The van der Waals surface area contributed by atoms with Gasteiger partial charge in [0.25, 0.3) is 5.91 Å². The Balaban J connectivity index is 1.67. The molecule has 0 atom stereocenters. The summed E-state index contributed by atoms with van der Waals surface area (Å²) >= 11 is 0. The molecule has 0 spiro atoms. The number of hydrogen-bond donors (Lipinski definition) is 1. The van der Waals surface area contributed by atoms with Crippen LogP contribution < -0.4 is 5.32 Å². The average Bonchev–Trinajstić information content (AvgIpc) is 2.70. The molecule has 0 saturated heterocycles. The molecule has 3 aromatic carbocycles. The number of likely N-dealkylation sites (N-methyl/N-ethyl adjacent to an activating group) is 1. The van der Waals surface area contributed by atoms with Gasteiger partial charge in [0.05, 0.1) is 0 Å². The van der Waals surface area contributed by atoms with Gasteiger partial charge in [-0.05, 0) is 5.56 Å². The number of hydrogen-bond acceptors (Lipinski definition) is 1. The Hall–Kier alpha value is -2.91. The van der Waals surface area contributed by atoms with E-state index in [0.29, 0.717) is 13.1 Å². The first kappa shape index (κ1) is 17.9. The van der Waals surface area contributed by atoms with Crippen LogP contribution in [0.3, 0.4) is 0 Å². The number of carbonyl (C=O) groups excluding carboxylic acids is 1. The molecule has 26 heavy (non-hydrogen) atoms. The third kappa shape index (κ3) is 4.80. The van der Waals surface area contributed by atoms with Gasteiger partial charge in [-0.15, -0.1) is 0 Å². The van der Waals surface area contributed by atoms with Crippen LogP contribution in [0.2, 0.25) is 0 Å². The van der Waals surface area contributed by atoms with Crippen LogP contribution in [0.1, 0.15) is 22.7 Å². The molecule has 2 N–H and O–H groups in total. The fourth-order valence-corrected chi connectivity index (χ4v) is 3.11. The van der Waals surface area contributed by atoms with E-state index in [1.807, 2.05) is 73.8 Å². The normalized spacial score (nSPS) is 10.7. The van der Waals surface area contributed by atoms with Crippen molar-refractivity contribution in [3.05, 3.63) is 108 Å². The molecule has 0 aliphatic heterocycles. The first-order valence-electron chi connectivity index (χ1n) is 8.95. The van der Waals surface area contributed by atoms with Crippen molar-refractivity contribution in [2.75, 3.05) is 13.6 Å². The highest BCUT2D eigenvalue weighted by Crippen LogP contribution is 2.17. The van der Waals surface area contributed by atoms with E-state index in [-0.39, 0.29) is 11.9 Å². The van der Waals surface area contributed by atoms with Gasteiger partial charge in [0.1, 0.15) is 6.04 Å². The lowest BCUT2D eigenvalue weighted by Gasteiger charge is -2.20. The molecule has 3 heteroatoms. The van der Waals surface area contributed by atoms with Gasteiger partial charge in [-0.3, -0.25) is 4.79 Å². The Morgan fingerprint density at radius 1 is 0.808 bits per heavy atom. The van der Waals surface area contributed by atoms with Crippen molar-refractivity contribution in [3.8, 4) is 0 Å². The molecular weight excluding hydrogens is 320 g/mol. The third-order valence-corrected chi connectivity index (χ3v) is 4.53. The van der Waals surface area contributed by atoms with Crippen molar-refractivity contribution in [3.63, 3.8) is 0 Å². The van der Waals surface area contributed by atoms with Crippen LogP contribution >= 0.6 is 0 Å². The van der Waals surface area contributed by atoms with Gasteiger partial charge in [0, 0.05) is 24.7 Å². The number of amides is 1. The smallest absolute Gasteiger partial charge is 0.277 e. The van der Waals surface area contributed by atoms with Gasteiger partial charge in [0.15, 0.2) is 6.54 Å². The van der Waals surface area contributed by atoms with Gasteiger partial charge in [-0.2, -0.15) is 0 Å². The van der Waals surface area contributed by atoms with Crippen molar-refractivity contribution in [2.24, 2.45) is 0 Å². The monoisotopic (exact) mass is 345 g/mol. The third-order valence-electron chi connectivity index (χ3n) is 4.53. The second kappa shape index (κ2) is 8.97. The van der Waals surface area contributed by atoms with Crippen LogP contribution in [-0.2, 0) is 11.3 Å². The van der Waals surface area contributed by atoms with Gasteiger partial charge < -0.3 is 10.2 Å². The molecule has 3 rings (SSSR count). The summed E-state index contributed by atoms with van der Waals surface area (Å²) in [4.78, 5) is 14.4. The molecule has 0 aliphatic carbocycles. The van der Waals surface area contributed by atoms with E-state index in [0.717, 1.165) is 5.56 Å². The molecule has 0 fully saturated rings. The van der Waals surface area contributed by atoms with Crippen LogP contribution in [0, 0.1) is 0 Å². The zero-order chi connectivity index (χ0) is 18.2. The van der Waals surface area contributed by atoms with Crippen LogP contribution in [0.15, 0.2) is 91.0 Å². The number of quaternary nitrogens is 1. The lowest BCUT2D eigenvalue weighted by atomic mass is 9.99. The lowest BCUT2D eigenvalue weighted by Crippen LogP contribution is -2.87. The van der Waals surface area contributed by atoms with Crippen molar-refractivity contribution < 1.29 is 10.1 Å². The van der Waals surface area contributed by atoms with E-state index in [1.54, 1.807) is 4.90 Å². The van der Waals surface area contributed by atoms with Crippen molar-refractivity contribution in [1.82, 2.24) is 4.90 Å². The number of carbonyl (C=O) groups is 1. The minimum Gasteiger partial charge on any atom is -0.337 e. The predicted octanol–water partition coefficient (Wildman–Crippen LogP) is 3.00. The van der Waals surface area contributed by atoms with Crippen molar-refractivity contribution in [1.29, 1.82) is 0 Å². The molecular formula is C23H25N2O+. The van der Waals surface area contributed by atoms with E-state index in [1.165, 1.54) is 11.1 Å². The Bertz CT molecular complexity index is 764. The number of rotatable bonds is 7. The second-order valence-corrected chi connectivity index (χ2v) is 6.47. The highest BCUT2D eigenvalue weighted by molar-refractivity contribution is 5.76. The quantitative estimate of drug-likeness (QED) is 0.702. The summed E-state index contributed by atoms with van der Waals surface area (Å²) in [6, 6.07) is 30.9. The average molecular weight is 345 g/mol. The van der Waals surface area contributed by atoms with E-state index in [4.69, 9.17) is 0 Å².